The first-order valence-corrected chi connectivity index (χ1v) is 9.26. The van der Waals surface area contributed by atoms with Gasteiger partial charge in [0.2, 0.25) is 5.16 Å². The van der Waals surface area contributed by atoms with Gasteiger partial charge in [0.25, 0.3) is 4.92 Å². The number of Topliss-reactive ketones (excluding diaryl/α,β-unsaturated/α-hetero) is 1. The lowest BCUT2D eigenvalue weighted by atomic mass is 10.1. The van der Waals surface area contributed by atoms with E-state index < -0.39 is 5.97 Å². The Kier molecular flexibility index (Phi) is 6.14. The van der Waals surface area contributed by atoms with Crippen LogP contribution >= 0.6 is 11.8 Å². The van der Waals surface area contributed by atoms with Crippen molar-refractivity contribution in [3.63, 3.8) is 0 Å². The summed E-state index contributed by atoms with van der Waals surface area (Å²) in [5.74, 6) is -1.41. The number of carbonyl (C=O) groups is 2. The van der Waals surface area contributed by atoms with Gasteiger partial charge in [-0.05, 0) is 40.8 Å². The molecule has 12 heteroatoms. The van der Waals surface area contributed by atoms with Gasteiger partial charge >= 0.3 is 11.7 Å². The molecule has 3 aromatic rings. The van der Waals surface area contributed by atoms with E-state index in [1.165, 1.54) is 54.3 Å². The van der Waals surface area contributed by atoms with Crippen molar-refractivity contribution in [2.75, 3.05) is 12.9 Å². The molecule has 3 rings (SSSR count). The number of hydrogen-bond donors (Lipinski definition) is 1. The van der Waals surface area contributed by atoms with Crippen LogP contribution in [0.3, 0.4) is 0 Å². The van der Waals surface area contributed by atoms with Gasteiger partial charge in [-0.2, -0.15) is 9.94 Å². The fourth-order valence-electron chi connectivity index (χ4n) is 2.46. The number of aromatic carboxylic acids is 1. The number of carboxylic acids is 1. The molecule has 11 nitrogen and oxygen atoms in total. The van der Waals surface area contributed by atoms with E-state index >= 15 is 0 Å². The summed E-state index contributed by atoms with van der Waals surface area (Å²) >= 11 is 1.07. The molecule has 0 bridgehead atoms. The minimum atomic E-state index is -1.22. The molecule has 0 saturated heterocycles. The summed E-state index contributed by atoms with van der Waals surface area (Å²) in [4.78, 5) is 39.8. The lowest BCUT2D eigenvalue weighted by molar-refractivity contribution is -0.736. The summed E-state index contributed by atoms with van der Waals surface area (Å²) in [6.07, 6.45) is 0. The SMILES string of the molecule is CO[N+](=O)c1ccc(C(=O)CSc2nnnn2-c2ccc(C(=O)O)c(C#N)c2)cc1. The Hall–Kier alpha value is -4.11. The van der Waals surface area contributed by atoms with Crippen molar-refractivity contribution in [1.29, 1.82) is 5.26 Å². The van der Waals surface area contributed by atoms with Crippen LogP contribution in [0.15, 0.2) is 47.6 Å². The van der Waals surface area contributed by atoms with Gasteiger partial charge in [0.1, 0.15) is 6.07 Å². The van der Waals surface area contributed by atoms with Crippen LogP contribution in [0.4, 0.5) is 5.69 Å². The molecule has 0 aliphatic carbocycles. The highest BCUT2D eigenvalue weighted by Crippen LogP contribution is 2.22. The number of ketones is 1. The van der Waals surface area contributed by atoms with Crippen LogP contribution in [0.2, 0.25) is 0 Å². The van der Waals surface area contributed by atoms with Gasteiger partial charge in [0.15, 0.2) is 12.9 Å². The molecule has 0 unspecified atom stereocenters. The van der Waals surface area contributed by atoms with Gasteiger partial charge in [0, 0.05) is 17.7 Å². The summed E-state index contributed by atoms with van der Waals surface area (Å²) in [7, 11) is 1.24. The normalized spacial score (nSPS) is 10.3. The maximum Gasteiger partial charge on any atom is 0.337 e. The molecule has 0 amide bonds. The predicted octanol–water partition coefficient (Wildman–Crippen LogP) is 2.18. The number of thioether (sulfide) groups is 1. The van der Waals surface area contributed by atoms with Gasteiger partial charge in [0.05, 0.1) is 27.5 Å². The molecule has 150 valence electrons. The third kappa shape index (κ3) is 4.31. The number of carbonyl (C=O) groups excluding carboxylic acids is 1. The molecule has 0 aliphatic heterocycles. The van der Waals surface area contributed by atoms with Crippen LogP contribution in [-0.2, 0) is 4.84 Å². The quantitative estimate of drug-likeness (QED) is 0.323. The largest absolute Gasteiger partial charge is 0.478 e. The smallest absolute Gasteiger partial charge is 0.337 e. The molecule has 0 saturated carbocycles. The number of hydrogen-bond acceptors (Lipinski definition) is 9. The second kappa shape index (κ2) is 8.93. The molecule has 0 fully saturated rings. The first-order chi connectivity index (χ1) is 14.4. The molecular weight excluding hydrogens is 412 g/mol. The number of rotatable bonds is 8. The predicted molar refractivity (Wildman–Crippen MR) is 103 cm³/mol. The van der Waals surface area contributed by atoms with E-state index in [0.717, 1.165) is 11.8 Å². The van der Waals surface area contributed by atoms with Crippen LogP contribution in [0.25, 0.3) is 5.69 Å². The van der Waals surface area contributed by atoms with E-state index in [-0.39, 0.29) is 33.5 Å². The van der Waals surface area contributed by atoms with Crippen molar-refractivity contribution >= 4 is 29.2 Å². The van der Waals surface area contributed by atoms with Crippen molar-refractivity contribution in [2.24, 2.45) is 0 Å². The van der Waals surface area contributed by atoms with E-state index in [4.69, 9.17) is 5.11 Å². The van der Waals surface area contributed by atoms with Gasteiger partial charge in [-0.1, -0.05) is 11.8 Å². The van der Waals surface area contributed by atoms with Gasteiger partial charge in [-0.3, -0.25) is 4.79 Å². The molecule has 2 aromatic carbocycles. The lowest BCUT2D eigenvalue weighted by Gasteiger charge is -2.06. The van der Waals surface area contributed by atoms with Crippen molar-refractivity contribution in [2.45, 2.75) is 5.16 Å². The minimum Gasteiger partial charge on any atom is -0.478 e. The maximum absolute atomic E-state index is 12.4. The fraction of sp³-hybridized carbons (Fsp3) is 0.111. The van der Waals surface area contributed by atoms with Gasteiger partial charge in [-0.25, -0.2) is 9.63 Å². The molecule has 1 N–H and O–H groups in total. The van der Waals surface area contributed by atoms with Crippen molar-refractivity contribution < 1.29 is 24.5 Å². The zero-order valence-corrected chi connectivity index (χ0v) is 16.2. The van der Waals surface area contributed by atoms with E-state index in [2.05, 4.69) is 20.4 Å². The van der Waals surface area contributed by atoms with Gasteiger partial charge < -0.3 is 5.11 Å². The topological polar surface area (TPSA) is 151 Å². The van der Waals surface area contributed by atoms with Gasteiger partial charge in [-0.15, -0.1) is 5.10 Å². The van der Waals surface area contributed by atoms with E-state index in [1.807, 2.05) is 6.07 Å². The molecule has 1 heterocycles. The first kappa shape index (κ1) is 20.6. The number of nitrogens with zero attached hydrogens (tertiary/aromatic N) is 6. The number of tetrazole rings is 1. The number of carboxylic acid groups (broad SMARTS) is 1. The molecule has 1 aromatic heterocycles. The van der Waals surface area contributed by atoms with Crippen LogP contribution in [0.1, 0.15) is 26.3 Å². The molecule has 0 radical (unpaired) electrons. The highest BCUT2D eigenvalue weighted by molar-refractivity contribution is 7.99. The van der Waals surface area contributed by atoms with E-state index in [0.29, 0.717) is 16.2 Å². The maximum atomic E-state index is 12.4. The van der Waals surface area contributed by atoms with Crippen molar-refractivity contribution in [1.82, 2.24) is 20.2 Å². The summed E-state index contributed by atoms with van der Waals surface area (Å²) < 4.78 is 1.31. The highest BCUT2D eigenvalue weighted by atomic mass is 32.2. The second-order valence-electron chi connectivity index (χ2n) is 5.72. The van der Waals surface area contributed by atoms with E-state index in [9.17, 15) is 19.8 Å². The first-order valence-electron chi connectivity index (χ1n) is 8.28. The lowest BCUT2D eigenvalue weighted by Crippen LogP contribution is -2.07. The summed E-state index contributed by atoms with van der Waals surface area (Å²) in [6, 6.07) is 11.9. The highest BCUT2D eigenvalue weighted by Gasteiger charge is 2.18. The Morgan fingerprint density at radius 2 is 2.00 bits per heavy atom. The summed E-state index contributed by atoms with van der Waals surface area (Å²) in [6.45, 7) is 0. The second-order valence-corrected chi connectivity index (χ2v) is 6.66. The molecule has 0 spiro atoms. The average molecular weight is 425 g/mol. The zero-order valence-electron chi connectivity index (χ0n) is 15.4. The fourth-order valence-corrected chi connectivity index (χ4v) is 3.25. The molecule has 0 aliphatic rings. The number of aromatic nitrogens is 4. The van der Waals surface area contributed by atoms with Crippen LogP contribution in [0, 0.1) is 16.2 Å². The summed E-state index contributed by atoms with van der Waals surface area (Å²) in [5.41, 5.74) is 0.866. The number of benzene rings is 2. The van der Waals surface area contributed by atoms with Crippen molar-refractivity contribution in [3.05, 3.63) is 64.1 Å². The monoisotopic (exact) mass is 425 g/mol. The molecular formula is C18H13N6O5S+. The molecule has 0 atom stereocenters. The zero-order chi connectivity index (χ0) is 21.7. The van der Waals surface area contributed by atoms with Crippen LogP contribution < -0.4 is 0 Å². The van der Waals surface area contributed by atoms with Crippen molar-refractivity contribution in [3.8, 4) is 11.8 Å². The standard InChI is InChI=1S/C18H12N6O5S/c1-29-24(28)13-4-2-11(3-5-13)16(25)10-30-18-20-21-22-23(18)14-6-7-15(17(26)27)12(8-14)9-19/h2-8H,10H2,1H3/p+1. The molecule has 30 heavy (non-hydrogen) atoms. The Morgan fingerprint density at radius 3 is 2.63 bits per heavy atom. The Bertz CT molecular complexity index is 1170. The summed E-state index contributed by atoms with van der Waals surface area (Å²) in [5, 5.41) is 29.9. The Balaban J connectivity index is 1.75. The van der Waals surface area contributed by atoms with E-state index in [1.54, 1.807) is 0 Å². The third-order valence-corrected chi connectivity index (χ3v) is 4.86. The van der Waals surface area contributed by atoms with Crippen LogP contribution in [-0.4, -0.2) is 54.9 Å². The third-order valence-electron chi connectivity index (χ3n) is 3.94. The van der Waals surface area contributed by atoms with Crippen LogP contribution in [0.5, 0.6) is 0 Å². The Morgan fingerprint density at radius 1 is 1.27 bits per heavy atom. The number of nitriles is 1. The minimum absolute atomic E-state index is 0.0173. The average Bonchev–Trinajstić information content (AvgIpc) is 3.25. The Labute approximate surface area is 173 Å².